The summed E-state index contributed by atoms with van der Waals surface area (Å²) in [4.78, 5) is 12.3. The maximum Gasteiger partial charge on any atom is 0.433 e. The van der Waals surface area contributed by atoms with Gasteiger partial charge in [-0.05, 0) is 44.1 Å². The number of hydrogen-bond acceptors (Lipinski definition) is 6. The summed E-state index contributed by atoms with van der Waals surface area (Å²) in [6, 6.07) is 2.80. The smallest absolute Gasteiger partial charge is 0.411 e. The van der Waals surface area contributed by atoms with Crippen LogP contribution in [-0.2, 0) is 0 Å². The van der Waals surface area contributed by atoms with E-state index in [2.05, 4.69) is 10.1 Å². The SMILES string of the molecule is O=[N+]([O-])c1ccc(/C=C\C(CCN2CCCCC2)=N\O)o1. The predicted molar refractivity (Wildman–Crippen MR) is 78.5 cm³/mol. The van der Waals surface area contributed by atoms with Gasteiger partial charge in [0.25, 0.3) is 0 Å². The van der Waals surface area contributed by atoms with Crippen LogP contribution in [0.1, 0.15) is 31.4 Å². The number of nitrogens with zero attached hydrogens (tertiary/aromatic N) is 3. The van der Waals surface area contributed by atoms with Crippen LogP contribution in [0, 0.1) is 10.1 Å². The van der Waals surface area contributed by atoms with Crippen molar-refractivity contribution in [3.05, 3.63) is 34.1 Å². The Morgan fingerprint density at radius 2 is 2.19 bits per heavy atom. The van der Waals surface area contributed by atoms with Gasteiger partial charge < -0.3 is 14.5 Å². The number of hydrogen-bond donors (Lipinski definition) is 1. The topological polar surface area (TPSA) is 92.1 Å². The molecule has 2 rings (SSSR count). The molecule has 7 heteroatoms. The first kappa shape index (κ1) is 15.2. The molecule has 0 radical (unpaired) electrons. The molecule has 2 heterocycles. The normalized spacial score (nSPS) is 17.4. The van der Waals surface area contributed by atoms with Crippen LogP contribution in [0.2, 0.25) is 0 Å². The summed E-state index contributed by atoms with van der Waals surface area (Å²) >= 11 is 0. The van der Waals surface area contributed by atoms with Crippen molar-refractivity contribution in [1.82, 2.24) is 4.90 Å². The molecule has 0 unspecified atom stereocenters. The van der Waals surface area contributed by atoms with Crippen LogP contribution in [0.4, 0.5) is 5.88 Å². The first-order valence-corrected chi connectivity index (χ1v) is 7.04. The summed E-state index contributed by atoms with van der Waals surface area (Å²) in [6.45, 7) is 3.03. The molecule has 1 aliphatic heterocycles. The Kier molecular flexibility index (Phi) is 5.51. The fourth-order valence-corrected chi connectivity index (χ4v) is 2.33. The molecule has 0 bridgehead atoms. The molecule has 1 aromatic rings. The highest BCUT2D eigenvalue weighted by Gasteiger charge is 2.11. The van der Waals surface area contributed by atoms with Gasteiger partial charge in [0.1, 0.15) is 10.7 Å². The maximum atomic E-state index is 10.5. The Morgan fingerprint density at radius 1 is 1.43 bits per heavy atom. The highest BCUT2D eigenvalue weighted by molar-refractivity contribution is 5.97. The quantitative estimate of drug-likeness (QED) is 0.377. The molecule has 1 saturated heterocycles. The number of nitro groups is 1. The van der Waals surface area contributed by atoms with Crippen LogP contribution in [0.15, 0.2) is 27.8 Å². The second kappa shape index (κ2) is 7.58. The first-order chi connectivity index (χ1) is 10.2. The lowest BCUT2D eigenvalue weighted by atomic mass is 10.1. The van der Waals surface area contributed by atoms with E-state index < -0.39 is 4.92 Å². The number of oxime groups is 1. The standard InChI is InChI=1S/C14H19N3O4/c18-15-12(8-11-16-9-2-1-3-10-16)4-5-13-6-7-14(21-13)17(19)20/h4-7,18H,1-3,8-11H2/b5-4-,15-12-. The summed E-state index contributed by atoms with van der Waals surface area (Å²) in [5, 5.41) is 22.8. The molecular formula is C14H19N3O4. The highest BCUT2D eigenvalue weighted by Crippen LogP contribution is 2.17. The minimum Gasteiger partial charge on any atom is -0.411 e. The van der Waals surface area contributed by atoms with Crippen LogP contribution in [0.3, 0.4) is 0 Å². The number of allylic oxidation sites excluding steroid dienone is 1. The zero-order valence-corrected chi connectivity index (χ0v) is 11.8. The van der Waals surface area contributed by atoms with Gasteiger partial charge in [0.15, 0.2) is 0 Å². The van der Waals surface area contributed by atoms with E-state index in [0.717, 1.165) is 19.6 Å². The zero-order valence-electron chi connectivity index (χ0n) is 11.8. The van der Waals surface area contributed by atoms with Crippen molar-refractivity contribution >= 4 is 17.7 Å². The second-order valence-corrected chi connectivity index (χ2v) is 5.01. The highest BCUT2D eigenvalue weighted by atomic mass is 16.6. The van der Waals surface area contributed by atoms with E-state index in [4.69, 9.17) is 9.62 Å². The lowest BCUT2D eigenvalue weighted by Crippen LogP contribution is -2.31. The lowest BCUT2D eigenvalue weighted by molar-refractivity contribution is -0.402. The molecule has 0 aliphatic carbocycles. The van der Waals surface area contributed by atoms with E-state index >= 15 is 0 Å². The van der Waals surface area contributed by atoms with E-state index in [9.17, 15) is 10.1 Å². The van der Waals surface area contributed by atoms with Crippen molar-refractivity contribution in [2.75, 3.05) is 19.6 Å². The van der Waals surface area contributed by atoms with Gasteiger partial charge in [-0.3, -0.25) is 10.1 Å². The molecular weight excluding hydrogens is 274 g/mol. The Bertz CT molecular complexity index is 530. The van der Waals surface area contributed by atoms with Gasteiger partial charge in [-0.2, -0.15) is 0 Å². The van der Waals surface area contributed by atoms with Gasteiger partial charge in [0.2, 0.25) is 0 Å². The number of likely N-dealkylation sites (tertiary alicyclic amines) is 1. The largest absolute Gasteiger partial charge is 0.433 e. The summed E-state index contributed by atoms with van der Waals surface area (Å²) in [6.07, 6.45) is 7.55. The lowest BCUT2D eigenvalue weighted by Gasteiger charge is -2.26. The molecule has 7 nitrogen and oxygen atoms in total. The maximum absolute atomic E-state index is 10.5. The zero-order chi connectivity index (χ0) is 15.1. The Balaban J connectivity index is 1.85. The number of piperidine rings is 1. The van der Waals surface area contributed by atoms with Crippen LogP contribution < -0.4 is 0 Å². The average molecular weight is 293 g/mol. The van der Waals surface area contributed by atoms with E-state index in [1.807, 2.05) is 0 Å². The summed E-state index contributed by atoms with van der Waals surface area (Å²) in [7, 11) is 0. The summed E-state index contributed by atoms with van der Waals surface area (Å²) in [5.74, 6) is 0.0614. The molecule has 114 valence electrons. The molecule has 0 atom stereocenters. The van der Waals surface area contributed by atoms with Crippen LogP contribution in [-0.4, -0.2) is 40.4 Å². The van der Waals surface area contributed by atoms with Gasteiger partial charge in [-0.1, -0.05) is 11.6 Å². The molecule has 0 spiro atoms. The van der Waals surface area contributed by atoms with Crippen molar-refractivity contribution in [2.24, 2.45) is 5.16 Å². The third-order valence-electron chi connectivity index (χ3n) is 3.49. The second-order valence-electron chi connectivity index (χ2n) is 5.01. The molecule has 0 saturated carbocycles. The molecule has 1 N–H and O–H groups in total. The number of rotatable bonds is 6. The molecule has 0 aromatic carbocycles. The van der Waals surface area contributed by atoms with E-state index in [0.29, 0.717) is 17.9 Å². The Hall–Kier alpha value is -2.15. The average Bonchev–Trinajstić information content (AvgIpc) is 2.98. The molecule has 0 amide bonds. The number of furan rings is 1. The van der Waals surface area contributed by atoms with Gasteiger partial charge in [-0.15, -0.1) is 0 Å². The molecule has 1 fully saturated rings. The van der Waals surface area contributed by atoms with Crippen molar-refractivity contribution in [3.63, 3.8) is 0 Å². The fourth-order valence-electron chi connectivity index (χ4n) is 2.33. The van der Waals surface area contributed by atoms with Crippen LogP contribution in [0.25, 0.3) is 6.08 Å². The van der Waals surface area contributed by atoms with Gasteiger partial charge in [-0.25, -0.2) is 0 Å². The minimum absolute atomic E-state index is 0.301. The van der Waals surface area contributed by atoms with Crippen molar-refractivity contribution in [3.8, 4) is 0 Å². The minimum atomic E-state index is -0.589. The van der Waals surface area contributed by atoms with Gasteiger partial charge >= 0.3 is 5.88 Å². The van der Waals surface area contributed by atoms with E-state index in [1.165, 1.54) is 31.4 Å². The monoisotopic (exact) mass is 293 g/mol. The van der Waals surface area contributed by atoms with Crippen molar-refractivity contribution in [1.29, 1.82) is 0 Å². The van der Waals surface area contributed by atoms with Gasteiger partial charge in [0, 0.05) is 13.0 Å². The molecule has 1 aliphatic rings. The molecule has 1 aromatic heterocycles. The Labute approximate surface area is 122 Å². The Morgan fingerprint density at radius 3 is 2.81 bits per heavy atom. The van der Waals surface area contributed by atoms with Crippen molar-refractivity contribution < 1.29 is 14.5 Å². The predicted octanol–water partition coefficient (Wildman–Crippen LogP) is 2.91. The van der Waals surface area contributed by atoms with E-state index in [-0.39, 0.29) is 5.88 Å². The first-order valence-electron chi connectivity index (χ1n) is 7.04. The molecule has 21 heavy (non-hydrogen) atoms. The van der Waals surface area contributed by atoms with Crippen LogP contribution >= 0.6 is 0 Å². The van der Waals surface area contributed by atoms with Crippen molar-refractivity contribution in [2.45, 2.75) is 25.7 Å². The third kappa shape index (κ3) is 4.71. The third-order valence-corrected chi connectivity index (χ3v) is 3.49. The van der Waals surface area contributed by atoms with E-state index in [1.54, 1.807) is 12.2 Å². The fraction of sp³-hybridized carbons (Fsp3) is 0.500. The summed E-state index contributed by atoms with van der Waals surface area (Å²) < 4.78 is 5.00. The van der Waals surface area contributed by atoms with Crippen LogP contribution in [0.5, 0.6) is 0 Å². The summed E-state index contributed by atoms with van der Waals surface area (Å²) in [5.41, 5.74) is 0.527. The van der Waals surface area contributed by atoms with Gasteiger partial charge in [0.05, 0.1) is 11.8 Å².